The minimum Gasteiger partial charge on any atom is -0.456 e. The van der Waals surface area contributed by atoms with Gasteiger partial charge in [0.2, 0.25) is 0 Å². The molecule has 0 spiro atoms. The second kappa shape index (κ2) is 11.4. The molecule has 3 heterocycles. The zero-order chi connectivity index (χ0) is 33.0. The summed E-state index contributed by atoms with van der Waals surface area (Å²) in [6.45, 7) is 0. The van der Waals surface area contributed by atoms with Crippen LogP contribution in [0, 0.1) is 0 Å². The van der Waals surface area contributed by atoms with Crippen molar-refractivity contribution in [3.05, 3.63) is 170 Å². The Kier molecular flexibility index (Phi) is 6.42. The van der Waals surface area contributed by atoms with Crippen molar-refractivity contribution < 1.29 is 4.42 Å². The van der Waals surface area contributed by atoms with Gasteiger partial charge >= 0.3 is 0 Å². The normalized spacial score (nSPS) is 11.6. The average Bonchev–Trinajstić information content (AvgIpc) is 3.74. The Morgan fingerprint density at radius 1 is 0.380 bits per heavy atom. The molecule has 3 aromatic heterocycles. The smallest absolute Gasteiger partial charge is 0.164 e. The van der Waals surface area contributed by atoms with E-state index < -0.39 is 0 Å². The highest BCUT2D eigenvalue weighted by molar-refractivity contribution is 6.15. The topological polar surface area (TPSA) is 56.7 Å². The highest BCUT2D eigenvalue weighted by Crippen LogP contribution is 2.41. The molecule has 7 aromatic carbocycles. The minimum atomic E-state index is 0.613. The molecule has 5 heteroatoms. The Morgan fingerprint density at radius 2 is 0.960 bits per heavy atom. The van der Waals surface area contributed by atoms with Crippen molar-refractivity contribution >= 4 is 43.7 Å². The summed E-state index contributed by atoms with van der Waals surface area (Å²) < 4.78 is 8.80. The van der Waals surface area contributed by atoms with E-state index >= 15 is 0 Å². The van der Waals surface area contributed by atoms with Gasteiger partial charge in [-0.25, -0.2) is 15.0 Å². The van der Waals surface area contributed by atoms with Crippen LogP contribution in [-0.2, 0) is 0 Å². The van der Waals surface area contributed by atoms with Gasteiger partial charge in [0.1, 0.15) is 11.2 Å². The molecule has 10 aromatic rings. The van der Waals surface area contributed by atoms with Gasteiger partial charge in [-0.05, 0) is 65.7 Å². The predicted molar refractivity (Wildman–Crippen MR) is 203 cm³/mol. The zero-order valence-corrected chi connectivity index (χ0v) is 26.9. The molecule has 0 atom stereocenters. The lowest BCUT2D eigenvalue weighted by Crippen LogP contribution is -2.00. The lowest BCUT2D eigenvalue weighted by atomic mass is 9.97. The first-order valence-electron chi connectivity index (χ1n) is 16.7. The molecule has 0 fully saturated rings. The quantitative estimate of drug-likeness (QED) is 0.188. The average molecular weight is 641 g/mol. The number of rotatable bonds is 5. The minimum absolute atomic E-state index is 0.613. The molecule has 0 unspecified atom stereocenters. The number of fused-ring (bicyclic) bond motifs is 6. The molecule has 0 aliphatic carbocycles. The molecular formula is C45H28N4O. The zero-order valence-electron chi connectivity index (χ0n) is 26.9. The van der Waals surface area contributed by atoms with Crippen LogP contribution < -0.4 is 0 Å². The number of hydrogen-bond acceptors (Lipinski definition) is 4. The second-order valence-electron chi connectivity index (χ2n) is 12.5. The number of benzene rings is 7. The van der Waals surface area contributed by atoms with E-state index in [9.17, 15) is 0 Å². The largest absolute Gasteiger partial charge is 0.456 e. The summed E-state index contributed by atoms with van der Waals surface area (Å²) in [5.41, 5.74) is 10.2. The summed E-state index contributed by atoms with van der Waals surface area (Å²) in [5.74, 6) is 1.88. The Bertz CT molecular complexity index is 2800. The number of nitrogens with zero attached hydrogens (tertiary/aromatic N) is 4. The fraction of sp³-hybridized carbons (Fsp3) is 0. The summed E-state index contributed by atoms with van der Waals surface area (Å²) in [4.78, 5) is 14.9. The Morgan fingerprint density at radius 3 is 1.68 bits per heavy atom. The van der Waals surface area contributed by atoms with Crippen LogP contribution >= 0.6 is 0 Å². The predicted octanol–water partition coefficient (Wildman–Crippen LogP) is 11.5. The molecule has 0 saturated heterocycles. The van der Waals surface area contributed by atoms with Crippen molar-refractivity contribution in [1.29, 1.82) is 0 Å². The van der Waals surface area contributed by atoms with Crippen LogP contribution in [0.3, 0.4) is 0 Å². The number of furan rings is 1. The number of aromatic nitrogens is 4. The van der Waals surface area contributed by atoms with E-state index in [0.29, 0.717) is 17.5 Å². The third kappa shape index (κ3) is 4.60. The van der Waals surface area contributed by atoms with Crippen molar-refractivity contribution in [3.63, 3.8) is 0 Å². The first kappa shape index (κ1) is 28.2. The molecule has 0 N–H and O–H groups in total. The fourth-order valence-electron chi connectivity index (χ4n) is 7.14. The number of hydrogen-bond donors (Lipinski definition) is 0. The summed E-state index contributed by atoms with van der Waals surface area (Å²) in [6.07, 6.45) is 0. The molecule has 0 bridgehead atoms. The van der Waals surface area contributed by atoms with Crippen LogP contribution in [0.25, 0.3) is 94.7 Å². The molecular weight excluding hydrogens is 613 g/mol. The highest BCUT2D eigenvalue weighted by Gasteiger charge is 2.18. The van der Waals surface area contributed by atoms with E-state index in [2.05, 4.69) is 95.6 Å². The molecule has 5 nitrogen and oxygen atoms in total. The van der Waals surface area contributed by atoms with Gasteiger partial charge in [-0.15, -0.1) is 0 Å². The van der Waals surface area contributed by atoms with Crippen molar-refractivity contribution in [1.82, 2.24) is 19.5 Å². The lowest BCUT2D eigenvalue weighted by molar-refractivity contribution is 0.669. The van der Waals surface area contributed by atoms with Gasteiger partial charge in [0.05, 0.1) is 11.0 Å². The third-order valence-electron chi connectivity index (χ3n) is 9.45. The van der Waals surface area contributed by atoms with Crippen molar-refractivity contribution in [2.45, 2.75) is 0 Å². The standard InChI is InChI=1S/C45H28N4O/c1-4-13-29(14-5-1)43-46-44(30-15-6-2-7-16-30)48-45(47-43)32-24-26-40-37(28-32)42-34(20-12-22-41(42)50-40)31-23-25-39-36(27-31)35-19-10-11-21-38(35)49(39)33-17-8-3-9-18-33/h1-28H. The van der Waals surface area contributed by atoms with Crippen molar-refractivity contribution in [2.75, 3.05) is 0 Å². The summed E-state index contributed by atoms with van der Waals surface area (Å²) in [5, 5.41) is 4.51. The summed E-state index contributed by atoms with van der Waals surface area (Å²) in [7, 11) is 0. The first-order chi connectivity index (χ1) is 24.8. The maximum absolute atomic E-state index is 6.45. The van der Waals surface area contributed by atoms with Gasteiger partial charge < -0.3 is 8.98 Å². The Labute approximate surface area is 287 Å². The van der Waals surface area contributed by atoms with Crippen LogP contribution in [0.2, 0.25) is 0 Å². The molecule has 0 saturated carbocycles. The molecule has 0 aliphatic heterocycles. The van der Waals surface area contributed by atoms with E-state index in [0.717, 1.165) is 55.4 Å². The molecule has 0 aliphatic rings. The molecule has 0 radical (unpaired) electrons. The molecule has 0 amide bonds. The van der Waals surface area contributed by atoms with Gasteiger partial charge in [-0.3, -0.25) is 0 Å². The van der Waals surface area contributed by atoms with E-state index in [1.807, 2.05) is 78.9 Å². The van der Waals surface area contributed by atoms with Crippen LogP contribution in [0.4, 0.5) is 0 Å². The Hall–Kier alpha value is -6.85. The van der Waals surface area contributed by atoms with Crippen molar-refractivity contribution in [3.8, 4) is 51.0 Å². The van der Waals surface area contributed by atoms with E-state index in [1.165, 1.54) is 21.8 Å². The van der Waals surface area contributed by atoms with Crippen LogP contribution in [0.5, 0.6) is 0 Å². The molecule has 234 valence electrons. The van der Waals surface area contributed by atoms with Crippen molar-refractivity contribution in [2.24, 2.45) is 0 Å². The van der Waals surface area contributed by atoms with Gasteiger partial charge in [-0.1, -0.05) is 115 Å². The Balaban J connectivity index is 1.16. The molecule has 10 rings (SSSR count). The van der Waals surface area contributed by atoms with Gasteiger partial charge in [0.25, 0.3) is 0 Å². The van der Waals surface area contributed by atoms with Gasteiger partial charge in [0.15, 0.2) is 17.5 Å². The summed E-state index contributed by atoms with van der Waals surface area (Å²) >= 11 is 0. The van der Waals surface area contributed by atoms with Gasteiger partial charge in [-0.2, -0.15) is 0 Å². The maximum atomic E-state index is 6.45. The second-order valence-corrected chi connectivity index (χ2v) is 12.5. The third-order valence-corrected chi connectivity index (χ3v) is 9.45. The van der Waals surface area contributed by atoms with E-state index in [1.54, 1.807) is 0 Å². The maximum Gasteiger partial charge on any atom is 0.164 e. The van der Waals surface area contributed by atoms with Crippen LogP contribution in [0.1, 0.15) is 0 Å². The fourth-order valence-corrected chi connectivity index (χ4v) is 7.14. The SMILES string of the molecule is c1ccc(-c2nc(-c3ccccc3)nc(-c3ccc4oc5cccc(-c6ccc7c(c6)c6ccccc6n7-c6ccccc6)c5c4c3)n2)cc1. The summed E-state index contributed by atoms with van der Waals surface area (Å²) in [6, 6.07) is 58.6. The van der Waals surface area contributed by atoms with E-state index in [4.69, 9.17) is 19.4 Å². The number of para-hydroxylation sites is 2. The van der Waals surface area contributed by atoms with Gasteiger partial charge in [0, 0.05) is 43.9 Å². The van der Waals surface area contributed by atoms with Crippen LogP contribution in [0.15, 0.2) is 174 Å². The molecule has 50 heavy (non-hydrogen) atoms. The van der Waals surface area contributed by atoms with Crippen LogP contribution in [-0.4, -0.2) is 19.5 Å². The monoisotopic (exact) mass is 640 g/mol. The first-order valence-corrected chi connectivity index (χ1v) is 16.7. The lowest BCUT2D eigenvalue weighted by Gasteiger charge is -2.09. The highest BCUT2D eigenvalue weighted by atomic mass is 16.3. The van der Waals surface area contributed by atoms with E-state index in [-0.39, 0.29) is 0 Å².